The van der Waals surface area contributed by atoms with Crippen LogP contribution in [0.15, 0.2) is 66.4 Å². The second-order valence-electron chi connectivity index (χ2n) is 5.25. The van der Waals surface area contributed by atoms with Crippen molar-refractivity contribution in [3.05, 3.63) is 77.7 Å². The average molecular weight is 348 g/mol. The fourth-order valence-corrected chi connectivity index (χ4v) is 2.46. The minimum Gasteiger partial charge on any atom is -0.389 e. The lowest BCUT2D eigenvalue weighted by atomic mass is 10.1. The lowest BCUT2D eigenvalue weighted by molar-refractivity contribution is 0.628. The molecule has 2 aromatic carbocycles. The van der Waals surface area contributed by atoms with E-state index in [4.69, 9.17) is 18.0 Å². The molecule has 6 heteroatoms. The molecule has 0 bridgehead atoms. The van der Waals surface area contributed by atoms with Crippen LogP contribution in [0, 0.1) is 17.1 Å². The molecule has 2 N–H and O–H groups in total. The summed E-state index contributed by atoms with van der Waals surface area (Å²) in [6.07, 6.45) is 3.37. The van der Waals surface area contributed by atoms with Crippen LogP contribution in [0.2, 0.25) is 0 Å². The van der Waals surface area contributed by atoms with E-state index in [-0.39, 0.29) is 16.4 Å². The van der Waals surface area contributed by atoms with E-state index in [2.05, 4.69) is 5.10 Å². The minimum atomic E-state index is -0.329. The van der Waals surface area contributed by atoms with E-state index in [1.54, 1.807) is 29.1 Å². The van der Waals surface area contributed by atoms with Crippen LogP contribution in [0.1, 0.15) is 5.56 Å². The van der Waals surface area contributed by atoms with Gasteiger partial charge in [-0.2, -0.15) is 10.4 Å². The zero-order valence-corrected chi connectivity index (χ0v) is 13.9. The zero-order valence-electron chi connectivity index (χ0n) is 13.1. The quantitative estimate of drug-likeness (QED) is 0.441. The van der Waals surface area contributed by atoms with Crippen molar-refractivity contribution in [2.45, 2.75) is 0 Å². The predicted octanol–water partition coefficient (Wildman–Crippen LogP) is 3.87. The van der Waals surface area contributed by atoms with Crippen molar-refractivity contribution >= 4 is 23.3 Å². The summed E-state index contributed by atoms with van der Waals surface area (Å²) in [5, 5.41) is 13.8. The number of halogens is 1. The van der Waals surface area contributed by atoms with Crippen LogP contribution in [0.25, 0.3) is 23.0 Å². The minimum absolute atomic E-state index is 0.0139. The Morgan fingerprint density at radius 3 is 2.44 bits per heavy atom. The molecule has 0 saturated carbocycles. The van der Waals surface area contributed by atoms with Gasteiger partial charge >= 0.3 is 0 Å². The summed E-state index contributed by atoms with van der Waals surface area (Å²) in [5.41, 5.74) is 8.63. The highest BCUT2D eigenvalue weighted by molar-refractivity contribution is 7.80. The van der Waals surface area contributed by atoms with Gasteiger partial charge in [0.1, 0.15) is 16.9 Å². The van der Waals surface area contributed by atoms with Gasteiger partial charge in [-0.1, -0.05) is 30.4 Å². The molecule has 0 fully saturated rings. The van der Waals surface area contributed by atoms with Crippen molar-refractivity contribution in [2.75, 3.05) is 0 Å². The molecule has 0 spiro atoms. The van der Waals surface area contributed by atoms with Crippen LogP contribution < -0.4 is 5.73 Å². The number of benzene rings is 2. The molecule has 0 radical (unpaired) electrons. The zero-order chi connectivity index (χ0) is 17.8. The molecule has 3 aromatic rings. The molecule has 0 aliphatic rings. The maximum atomic E-state index is 13.2. The molecular formula is C19H13FN4S. The summed E-state index contributed by atoms with van der Waals surface area (Å²) in [6.45, 7) is 0. The highest BCUT2D eigenvalue weighted by atomic mass is 32.1. The van der Waals surface area contributed by atoms with Crippen molar-refractivity contribution < 1.29 is 4.39 Å². The molecule has 0 aliphatic heterocycles. The number of nitrogens with zero attached hydrogens (tertiary/aromatic N) is 3. The highest BCUT2D eigenvalue weighted by Crippen LogP contribution is 2.26. The Kier molecular flexibility index (Phi) is 4.68. The van der Waals surface area contributed by atoms with E-state index >= 15 is 0 Å². The van der Waals surface area contributed by atoms with Crippen LogP contribution in [0.4, 0.5) is 4.39 Å². The summed E-state index contributed by atoms with van der Waals surface area (Å²) in [7, 11) is 0. The Bertz CT molecular complexity index is 983. The largest absolute Gasteiger partial charge is 0.389 e. The summed E-state index contributed by atoms with van der Waals surface area (Å²) in [4.78, 5) is 0.0139. The number of hydrogen-bond acceptors (Lipinski definition) is 3. The van der Waals surface area contributed by atoms with Crippen molar-refractivity contribution in [3.8, 4) is 23.0 Å². The van der Waals surface area contributed by atoms with Gasteiger partial charge in [0, 0.05) is 17.3 Å². The summed E-state index contributed by atoms with van der Waals surface area (Å²) >= 11 is 4.90. The van der Waals surface area contributed by atoms with Crippen LogP contribution in [-0.4, -0.2) is 14.8 Å². The van der Waals surface area contributed by atoms with Crippen LogP contribution >= 0.6 is 12.2 Å². The Hall–Kier alpha value is -3.30. The summed E-state index contributed by atoms with van der Waals surface area (Å²) < 4.78 is 14.9. The number of nitriles is 1. The maximum absolute atomic E-state index is 13.2. The first-order valence-electron chi connectivity index (χ1n) is 7.41. The molecule has 4 nitrogen and oxygen atoms in total. The lowest BCUT2D eigenvalue weighted by Gasteiger charge is -2.00. The van der Waals surface area contributed by atoms with Gasteiger partial charge in [-0.3, -0.25) is 0 Å². The van der Waals surface area contributed by atoms with Crippen LogP contribution in [-0.2, 0) is 0 Å². The molecule has 1 heterocycles. The maximum Gasteiger partial charge on any atom is 0.123 e. The molecule has 0 unspecified atom stereocenters. The van der Waals surface area contributed by atoms with E-state index in [1.807, 2.05) is 36.4 Å². The smallest absolute Gasteiger partial charge is 0.123 e. The second-order valence-corrected chi connectivity index (χ2v) is 5.69. The summed E-state index contributed by atoms with van der Waals surface area (Å²) in [6, 6.07) is 17.5. The second kappa shape index (κ2) is 7.07. The third-order valence-corrected chi connectivity index (χ3v) is 3.79. The molecule has 0 aliphatic carbocycles. The van der Waals surface area contributed by atoms with Gasteiger partial charge < -0.3 is 5.73 Å². The lowest BCUT2D eigenvalue weighted by Crippen LogP contribution is -2.09. The van der Waals surface area contributed by atoms with Crippen molar-refractivity contribution in [1.82, 2.24) is 9.78 Å². The number of para-hydroxylation sites is 1. The Morgan fingerprint density at radius 1 is 1.16 bits per heavy atom. The highest BCUT2D eigenvalue weighted by Gasteiger charge is 2.12. The summed E-state index contributed by atoms with van der Waals surface area (Å²) in [5.74, 6) is -0.329. The third-order valence-electron chi connectivity index (χ3n) is 3.57. The van der Waals surface area contributed by atoms with Gasteiger partial charge in [-0.15, -0.1) is 0 Å². The van der Waals surface area contributed by atoms with Crippen molar-refractivity contribution in [1.29, 1.82) is 5.26 Å². The van der Waals surface area contributed by atoms with Gasteiger partial charge in [0.15, 0.2) is 0 Å². The van der Waals surface area contributed by atoms with E-state index in [1.165, 1.54) is 12.1 Å². The SMILES string of the molecule is N#CC(=Cc1cn(-c2ccccc2)nc1-c1ccc(F)cc1)C(N)=S. The van der Waals surface area contributed by atoms with E-state index in [0.717, 1.165) is 11.3 Å². The Morgan fingerprint density at radius 2 is 1.84 bits per heavy atom. The van der Waals surface area contributed by atoms with Crippen LogP contribution in [0.3, 0.4) is 0 Å². The van der Waals surface area contributed by atoms with E-state index < -0.39 is 0 Å². The van der Waals surface area contributed by atoms with Gasteiger partial charge in [0.2, 0.25) is 0 Å². The predicted molar refractivity (Wildman–Crippen MR) is 99.3 cm³/mol. The number of thiocarbonyl (C=S) groups is 1. The molecule has 122 valence electrons. The molecule has 1 aromatic heterocycles. The van der Waals surface area contributed by atoms with E-state index in [9.17, 15) is 9.65 Å². The topological polar surface area (TPSA) is 67.6 Å². The molecule has 0 saturated heterocycles. The van der Waals surface area contributed by atoms with Crippen LogP contribution in [0.5, 0.6) is 0 Å². The van der Waals surface area contributed by atoms with Crippen molar-refractivity contribution in [3.63, 3.8) is 0 Å². The Balaban J connectivity index is 2.18. The molecule has 0 atom stereocenters. The van der Waals surface area contributed by atoms with Gasteiger partial charge in [-0.05, 0) is 42.5 Å². The fourth-order valence-electron chi connectivity index (χ4n) is 2.35. The average Bonchev–Trinajstić information content (AvgIpc) is 3.04. The number of aromatic nitrogens is 2. The number of hydrogen-bond donors (Lipinski definition) is 1. The molecule has 0 amide bonds. The fraction of sp³-hybridized carbons (Fsp3) is 0. The van der Waals surface area contributed by atoms with Crippen molar-refractivity contribution in [2.24, 2.45) is 5.73 Å². The normalized spacial score (nSPS) is 11.1. The first-order chi connectivity index (χ1) is 12.1. The number of rotatable bonds is 4. The number of nitrogens with two attached hydrogens (primary N) is 1. The standard InChI is InChI=1S/C19H13FN4S/c20-16-8-6-13(7-9-16)18-15(10-14(11-21)19(22)25)12-24(23-18)17-4-2-1-3-5-17/h1-10,12H,(H2,22,25). The monoisotopic (exact) mass is 348 g/mol. The molecule has 25 heavy (non-hydrogen) atoms. The first kappa shape index (κ1) is 16.6. The first-order valence-corrected chi connectivity index (χ1v) is 7.82. The Labute approximate surface area is 149 Å². The molecule has 3 rings (SSSR count). The third kappa shape index (κ3) is 3.62. The van der Waals surface area contributed by atoms with Gasteiger partial charge in [-0.25, -0.2) is 9.07 Å². The van der Waals surface area contributed by atoms with E-state index in [0.29, 0.717) is 11.3 Å². The molecular weight excluding hydrogens is 335 g/mol. The van der Waals surface area contributed by atoms with Gasteiger partial charge in [0.25, 0.3) is 0 Å². The van der Waals surface area contributed by atoms with Gasteiger partial charge in [0.05, 0.1) is 17.0 Å².